The number of nitrogens with one attached hydrogen (secondary N) is 1. The monoisotopic (exact) mass is 283 g/mol. The molecule has 0 spiro atoms. The number of hydrogen-bond donors (Lipinski definition) is 1. The first-order valence-corrected chi connectivity index (χ1v) is 6.73. The normalized spacial score (nSPS) is 22.4. The Labute approximate surface area is 121 Å². The van der Waals surface area contributed by atoms with Crippen molar-refractivity contribution in [2.75, 3.05) is 13.2 Å². The maximum atomic E-state index is 12.2. The number of esters is 1. The molecular weight excluding hydrogens is 262 g/mol. The lowest BCUT2D eigenvalue weighted by atomic mass is 9.83. The van der Waals surface area contributed by atoms with Crippen LogP contribution in [0.2, 0.25) is 0 Å². The second-order valence-electron chi connectivity index (χ2n) is 4.85. The van der Waals surface area contributed by atoms with E-state index in [0.29, 0.717) is 13.0 Å². The van der Waals surface area contributed by atoms with Crippen molar-refractivity contribution in [2.24, 2.45) is 0 Å². The van der Waals surface area contributed by atoms with Crippen molar-refractivity contribution < 1.29 is 9.53 Å². The summed E-state index contributed by atoms with van der Waals surface area (Å²) in [6.45, 7) is 3.19. The predicted molar refractivity (Wildman–Crippen MR) is 78.6 cm³/mol. The summed E-state index contributed by atoms with van der Waals surface area (Å²) < 4.78 is 5.26. The van der Waals surface area contributed by atoms with E-state index in [-0.39, 0.29) is 18.4 Å². The molecule has 1 aromatic carbocycles. The van der Waals surface area contributed by atoms with Gasteiger partial charge in [0.25, 0.3) is 0 Å². The highest BCUT2D eigenvalue weighted by Gasteiger charge is 2.40. The quantitative estimate of drug-likeness (QED) is 0.864. The Kier molecular flexibility index (Phi) is 6.32. The van der Waals surface area contributed by atoms with Crippen molar-refractivity contribution in [1.29, 1.82) is 0 Å². The maximum absolute atomic E-state index is 12.2. The molecule has 4 heteroatoms. The van der Waals surface area contributed by atoms with Gasteiger partial charge in [0.2, 0.25) is 0 Å². The molecule has 1 unspecified atom stereocenters. The third-order valence-corrected chi connectivity index (χ3v) is 3.51. The molecule has 1 aromatic rings. The molecule has 1 heterocycles. The number of carbonyl (C=O) groups excluding carboxylic acids is 1. The molecular formula is C15H22ClNO2. The van der Waals surface area contributed by atoms with Gasteiger partial charge in [0.05, 0.1) is 6.61 Å². The van der Waals surface area contributed by atoms with Gasteiger partial charge in [-0.25, -0.2) is 0 Å². The fourth-order valence-corrected chi connectivity index (χ4v) is 2.58. The van der Waals surface area contributed by atoms with Gasteiger partial charge >= 0.3 is 5.97 Å². The predicted octanol–water partition coefficient (Wildman–Crippen LogP) is 2.73. The first-order chi connectivity index (χ1) is 8.77. The molecule has 1 aliphatic rings. The summed E-state index contributed by atoms with van der Waals surface area (Å²) in [6.07, 6.45) is 3.79. The van der Waals surface area contributed by atoms with E-state index >= 15 is 0 Å². The van der Waals surface area contributed by atoms with Crippen molar-refractivity contribution in [1.82, 2.24) is 5.32 Å². The Morgan fingerprint density at radius 2 is 2.05 bits per heavy atom. The molecule has 1 fully saturated rings. The first-order valence-electron chi connectivity index (χ1n) is 6.73. The van der Waals surface area contributed by atoms with Crippen molar-refractivity contribution in [2.45, 2.75) is 38.1 Å². The highest BCUT2D eigenvalue weighted by atomic mass is 35.5. The van der Waals surface area contributed by atoms with E-state index in [1.807, 2.05) is 25.1 Å². The van der Waals surface area contributed by atoms with Crippen molar-refractivity contribution in [3.8, 4) is 0 Å². The Morgan fingerprint density at radius 3 is 2.63 bits per heavy atom. The third kappa shape index (κ3) is 3.95. The topological polar surface area (TPSA) is 38.3 Å². The SMILES string of the molecule is CCOC(=O)C1(Cc2ccccc2)CCCCN1.Cl. The molecule has 3 nitrogen and oxygen atoms in total. The second-order valence-corrected chi connectivity index (χ2v) is 4.85. The van der Waals surface area contributed by atoms with Gasteiger partial charge < -0.3 is 10.1 Å². The Balaban J connectivity index is 0.00000180. The van der Waals surface area contributed by atoms with Crippen LogP contribution in [0.5, 0.6) is 0 Å². The summed E-state index contributed by atoms with van der Waals surface area (Å²) >= 11 is 0. The molecule has 0 aliphatic carbocycles. The minimum Gasteiger partial charge on any atom is -0.465 e. The molecule has 1 atom stereocenters. The van der Waals surface area contributed by atoms with Crippen LogP contribution in [0.1, 0.15) is 31.7 Å². The lowest BCUT2D eigenvalue weighted by molar-refractivity contribution is -0.152. The summed E-state index contributed by atoms with van der Waals surface area (Å²) in [7, 11) is 0. The molecule has 2 rings (SSSR count). The van der Waals surface area contributed by atoms with Crippen LogP contribution in [0.15, 0.2) is 30.3 Å². The van der Waals surface area contributed by atoms with Gasteiger partial charge in [-0.05, 0) is 38.3 Å². The molecule has 0 amide bonds. The van der Waals surface area contributed by atoms with Crippen LogP contribution in [0, 0.1) is 0 Å². The minimum atomic E-state index is -0.518. The molecule has 0 radical (unpaired) electrons. The number of ether oxygens (including phenoxy) is 1. The van der Waals surface area contributed by atoms with E-state index in [4.69, 9.17) is 4.74 Å². The Morgan fingerprint density at radius 1 is 1.32 bits per heavy atom. The van der Waals surface area contributed by atoms with Crippen molar-refractivity contribution in [3.05, 3.63) is 35.9 Å². The van der Waals surface area contributed by atoms with Crippen LogP contribution in [-0.4, -0.2) is 24.7 Å². The molecule has 1 saturated heterocycles. The van der Waals surface area contributed by atoms with E-state index in [0.717, 1.165) is 25.8 Å². The van der Waals surface area contributed by atoms with E-state index in [1.165, 1.54) is 5.56 Å². The summed E-state index contributed by atoms with van der Waals surface area (Å²) in [5.41, 5.74) is 0.662. The van der Waals surface area contributed by atoms with Gasteiger partial charge in [-0.2, -0.15) is 0 Å². The van der Waals surface area contributed by atoms with Gasteiger partial charge in [0.15, 0.2) is 0 Å². The van der Waals surface area contributed by atoms with Crippen LogP contribution in [0.4, 0.5) is 0 Å². The van der Waals surface area contributed by atoms with Gasteiger partial charge in [0.1, 0.15) is 5.54 Å². The van der Waals surface area contributed by atoms with Gasteiger partial charge in [0, 0.05) is 6.42 Å². The fourth-order valence-electron chi connectivity index (χ4n) is 2.58. The highest BCUT2D eigenvalue weighted by Crippen LogP contribution is 2.25. The number of benzene rings is 1. The van der Waals surface area contributed by atoms with Crippen molar-refractivity contribution >= 4 is 18.4 Å². The largest absolute Gasteiger partial charge is 0.465 e. The zero-order valence-corrected chi connectivity index (χ0v) is 12.2. The average molecular weight is 284 g/mol. The number of halogens is 1. The summed E-state index contributed by atoms with van der Waals surface area (Å²) in [5, 5.41) is 3.39. The second kappa shape index (κ2) is 7.51. The third-order valence-electron chi connectivity index (χ3n) is 3.51. The average Bonchev–Trinajstić information content (AvgIpc) is 2.41. The van der Waals surface area contributed by atoms with Crippen molar-refractivity contribution in [3.63, 3.8) is 0 Å². The van der Waals surface area contributed by atoms with Gasteiger partial charge in [-0.15, -0.1) is 12.4 Å². The van der Waals surface area contributed by atoms with Gasteiger partial charge in [-0.1, -0.05) is 30.3 Å². The van der Waals surface area contributed by atoms with Crippen LogP contribution < -0.4 is 5.32 Å². The standard InChI is InChI=1S/C15H21NO2.ClH/c1-2-18-14(17)15(10-6-7-11-16-15)12-13-8-4-3-5-9-13;/h3-5,8-9,16H,2,6-7,10-12H2,1H3;1H. The van der Waals surface area contributed by atoms with Gasteiger partial charge in [-0.3, -0.25) is 4.79 Å². The maximum Gasteiger partial charge on any atom is 0.326 e. The van der Waals surface area contributed by atoms with E-state index in [2.05, 4.69) is 17.4 Å². The molecule has 0 bridgehead atoms. The van der Waals surface area contributed by atoms with Crippen LogP contribution in [0.25, 0.3) is 0 Å². The number of carbonyl (C=O) groups is 1. The molecule has 1 N–H and O–H groups in total. The van der Waals surface area contributed by atoms with E-state index in [1.54, 1.807) is 0 Å². The lowest BCUT2D eigenvalue weighted by Gasteiger charge is -2.36. The zero-order chi connectivity index (χ0) is 12.8. The summed E-state index contributed by atoms with van der Waals surface area (Å²) in [4.78, 5) is 12.2. The number of rotatable bonds is 4. The Bertz CT molecular complexity index is 388. The fraction of sp³-hybridized carbons (Fsp3) is 0.533. The molecule has 106 valence electrons. The number of piperidine rings is 1. The van der Waals surface area contributed by atoms with E-state index in [9.17, 15) is 4.79 Å². The van der Waals surface area contributed by atoms with Crippen LogP contribution in [-0.2, 0) is 16.0 Å². The van der Waals surface area contributed by atoms with E-state index < -0.39 is 5.54 Å². The lowest BCUT2D eigenvalue weighted by Crippen LogP contribution is -2.57. The summed E-state index contributed by atoms with van der Waals surface area (Å²) in [5.74, 6) is -0.103. The minimum absolute atomic E-state index is 0. The molecule has 19 heavy (non-hydrogen) atoms. The van der Waals surface area contributed by atoms with Crippen LogP contribution >= 0.6 is 12.4 Å². The number of hydrogen-bond acceptors (Lipinski definition) is 3. The van der Waals surface area contributed by atoms with Crippen LogP contribution in [0.3, 0.4) is 0 Å². The summed E-state index contributed by atoms with van der Waals surface area (Å²) in [6, 6.07) is 10.2. The first kappa shape index (κ1) is 16.0. The molecule has 1 aliphatic heterocycles. The smallest absolute Gasteiger partial charge is 0.326 e. The Hall–Kier alpha value is -1.06. The highest BCUT2D eigenvalue weighted by molar-refractivity contribution is 5.85. The zero-order valence-electron chi connectivity index (χ0n) is 11.4. The molecule has 0 aromatic heterocycles. The molecule has 0 saturated carbocycles.